The van der Waals surface area contributed by atoms with E-state index in [0.717, 1.165) is 0 Å². The molecule has 1 rings (SSSR count). The van der Waals surface area contributed by atoms with Crippen molar-refractivity contribution in [3.63, 3.8) is 0 Å². The summed E-state index contributed by atoms with van der Waals surface area (Å²) in [7, 11) is -0.946. The van der Waals surface area contributed by atoms with Crippen molar-refractivity contribution in [1.29, 1.82) is 0 Å². The standard InChI is InChI=1S/C8H14F3NOS/c1-7-4-12(6-8(9,10)11)2-3-14(13)5-7/h7H,2-6H2,1H3. The minimum absolute atomic E-state index is 0.0840. The Kier molecular flexibility index (Phi) is 3.94. The van der Waals surface area contributed by atoms with Crippen LogP contribution in [0.5, 0.6) is 0 Å². The molecule has 0 aromatic rings. The monoisotopic (exact) mass is 229 g/mol. The molecule has 1 fully saturated rings. The Labute approximate surface area is 83.9 Å². The predicted molar refractivity (Wildman–Crippen MR) is 49.5 cm³/mol. The topological polar surface area (TPSA) is 20.3 Å². The third-order valence-electron chi connectivity index (χ3n) is 2.08. The average molecular weight is 229 g/mol. The van der Waals surface area contributed by atoms with Gasteiger partial charge in [0.05, 0.1) is 6.54 Å². The molecule has 0 spiro atoms. The Morgan fingerprint density at radius 2 is 2.14 bits per heavy atom. The molecule has 0 aliphatic carbocycles. The number of nitrogens with zero attached hydrogens (tertiary/aromatic N) is 1. The molecule has 0 N–H and O–H groups in total. The molecule has 0 amide bonds. The van der Waals surface area contributed by atoms with Crippen LogP contribution in [0, 0.1) is 5.92 Å². The van der Waals surface area contributed by atoms with Crippen molar-refractivity contribution in [2.45, 2.75) is 13.1 Å². The van der Waals surface area contributed by atoms with Gasteiger partial charge in [-0.1, -0.05) is 6.92 Å². The van der Waals surface area contributed by atoms with E-state index in [1.807, 2.05) is 6.92 Å². The summed E-state index contributed by atoms with van der Waals surface area (Å²) in [6.07, 6.45) is -4.15. The third kappa shape index (κ3) is 4.41. The smallest absolute Gasteiger partial charge is 0.294 e. The first-order valence-corrected chi connectivity index (χ1v) is 6.00. The van der Waals surface area contributed by atoms with Crippen molar-refractivity contribution in [2.24, 2.45) is 5.92 Å². The third-order valence-corrected chi connectivity index (χ3v) is 3.66. The van der Waals surface area contributed by atoms with Crippen LogP contribution in [0.4, 0.5) is 13.2 Å². The lowest BCUT2D eigenvalue weighted by Crippen LogP contribution is -2.37. The highest BCUT2D eigenvalue weighted by molar-refractivity contribution is 7.85. The second-order valence-electron chi connectivity index (χ2n) is 3.77. The highest BCUT2D eigenvalue weighted by Gasteiger charge is 2.32. The Hall–Kier alpha value is -0.100. The lowest BCUT2D eigenvalue weighted by atomic mass is 10.2. The van der Waals surface area contributed by atoms with Gasteiger partial charge in [-0.25, -0.2) is 0 Å². The van der Waals surface area contributed by atoms with Gasteiger partial charge in [-0.15, -0.1) is 0 Å². The van der Waals surface area contributed by atoms with Gasteiger partial charge in [-0.3, -0.25) is 9.11 Å². The van der Waals surface area contributed by atoms with Crippen LogP contribution in [-0.4, -0.2) is 46.4 Å². The van der Waals surface area contributed by atoms with Gasteiger partial charge in [0.25, 0.3) is 0 Å². The average Bonchev–Trinajstić information content (AvgIpc) is 2.08. The van der Waals surface area contributed by atoms with E-state index in [1.165, 1.54) is 4.90 Å². The highest BCUT2D eigenvalue weighted by Crippen LogP contribution is 2.18. The predicted octanol–water partition coefficient (Wildman–Crippen LogP) is 1.25. The molecule has 0 saturated carbocycles. The van der Waals surface area contributed by atoms with Gasteiger partial charge in [0, 0.05) is 35.4 Å². The first-order valence-electron chi connectivity index (χ1n) is 4.51. The maximum Gasteiger partial charge on any atom is 0.401 e. The first-order chi connectivity index (χ1) is 6.37. The van der Waals surface area contributed by atoms with Crippen molar-refractivity contribution in [2.75, 3.05) is 31.1 Å². The fraction of sp³-hybridized carbons (Fsp3) is 1.00. The van der Waals surface area contributed by atoms with E-state index in [2.05, 4.69) is 0 Å². The van der Waals surface area contributed by atoms with Crippen LogP contribution in [0.3, 0.4) is 0 Å². The van der Waals surface area contributed by atoms with Crippen molar-refractivity contribution >= 4 is 10.8 Å². The van der Waals surface area contributed by atoms with E-state index < -0.39 is 23.5 Å². The van der Waals surface area contributed by atoms with Crippen LogP contribution < -0.4 is 0 Å². The number of rotatable bonds is 1. The van der Waals surface area contributed by atoms with Crippen LogP contribution in [0.2, 0.25) is 0 Å². The summed E-state index contributed by atoms with van der Waals surface area (Å²) in [6, 6.07) is 0. The maximum absolute atomic E-state index is 12.1. The van der Waals surface area contributed by atoms with E-state index in [0.29, 0.717) is 18.1 Å². The Morgan fingerprint density at radius 3 is 2.71 bits per heavy atom. The van der Waals surface area contributed by atoms with E-state index in [4.69, 9.17) is 0 Å². The minimum atomic E-state index is -4.15. The van der Waals surface area contributed by atoms with Crippen molar-refractivity contribution < 1.29 is 17.4 Å². The zero-order chi connectivity index (χ0) is 10.8. The fourth-order valence-electron chi connectivity index (χ4n) is 1.61. The number of hydrogen-bond donors (Lipinski definition) is 0. The molecule has 2 atom stereocenters. The molecule has 1 aliphatic rings. The minimum Gasteiger partial charge on any atom is -0.294 e. The van der Waals surface area contributed by atoms with Gasteiger partial charge < -0.3 is 0 Å². The molecule has 0 radical (unpaired) electrons. The summed E-state index contributed by atoms with van der Waals surface area (Å²) in [5, 5.41) is 0. The van der Waals surface area contributed by atoms with Crippen LogP contribution in [0.1, 0.15) is 6.92 Å². The fourth-order valence-corrected chi connectivity index (χ4v) is 2.98. The summed E-state index contributed by atoms with van der Waals surface area (Å²) in [5.41, 5.74) is 0. The molecule has 2 unspecified atom stereocenters. The number of halogens is 3. The summed E-state index contributed by atoms with van der Waals surface area (Å²) in [5.74, 6) is 0.968. The van der Waals surface area contributed by atoms with Crippen LogP contribution >= 0.6 is 0 Å². The van der Waals surface area contributed by atoms with E-state index >= 15 is 0 Å². The van der Waals surface area contributed by atoms with Crippen LogP contribution in [-0.2, 0) is 10.8 Å². The summed E-state index contributed by atoms with van der Waals surface area (Å²) in [6.45, 7) is 1.64. The second kappa shape index (κ2) is 4.61. The summed E-state index contributed by atoms with van der Waals surface area (Å²) < 4.78 is 47.4. The van der Waals surface area contributed by atoms with Gasteiger partial charge in [0.2, 0.25) is 0 Å². The highest BCUT2D eigenvalue weighted by atomic mass is 32.2. The van der Waals surface area contributed by atoms with E-state index in [1.54, 1.807) is 0 Å². The van der Waals surface area contributed by atoms with E-state index in [-0.39, 0.29) is 12.5 Å². The molecule has 0 aromatic heterocycles. The Bertz CT molecular complexity index is 219. The molecular formula is C8H14F3NOS. The molecule has 0 aromatic carbocycles. The first kappa shape index (κ1) is 12.0. The second-order valence-corrected chi connectivity index (χ2v) is 5.39. The van der Waals surface area contributed by atoms with Crippen molar-refractivity contribution in [3.05, 3.63) is 0 Å². The Morgan fingerprint density at radius 1 is 1.50 bits per heavy atom. The lowest BCUT2D eigenvalue weighted by molar-refractivity contribution is -0.146. The largest absolute Gasteiger partial charge is 0.401 e. The molecular weight excluding hydrogens is 215 g/mol. The zero-order valence-electron chi connectivity index (χ0n) is 8.01. The van der Waals surface area contributed by atoms with Crippen molar-refractivity contribution in [1.82, 2.24) is 4.90 Å². The molecule has 0 bridgehead atoms. The summed E-state index contributed by atoms with van der Waals surface area (Å²) >= 11 is 0. The van der Waals surface area contributed by atoms with Crippen molar-refractivity contribution in [3.8, 4) is 0 Å². The maximum atomic E-state index is 12.1. The molecule has 1 aliphatic heterocycles. The van der Waals surface area contributed by atoms with Crippen LogP contribution in [0.25, 0.3) is 0 Å². The molecule has 2 nitrogen and oxygen atoms in total. The van der Waals surface area contributed by atoms with E-state index in [9.17, 15) is 17.4 Å². The van der Waals surface area contributed by atoms with Gasteiger partial charge >= 0.3 is 6.18 Å². The zero-order valence-corrected chi connectivity index (χ0v) is 8.83. The van der Waals surface area contributed by atoms with Gasteiger partial charge in [0.15, 0.2) is 0 Å². The van der Waals surface area contributed by atoms with Crippen LogP contribution in [0.15, 0.2) is 0 Å². The molecule has 14 heavy (non-hydrogen) atoms. The molecule has 1 heterocycles. The number of alkyl halides is 3. The molecule has 1 saturated heterocycles. The van der Waals surface area contributed by atoms with Gasteiger partial charge in [-0.2, -0.15) is 13.2 Å². The summed E-state index contributed by atoms with van der Waals surface area (Å²) in [4.78, 5) is 1.34. The van der Waals surface area contributed by atoms with Gasteiger partial charge in [-0.05, 0) is 5.92 Å². The lowest BCUT2D eigenvalue weighted by Gasteiger charge is -2.22. The normalized spacial score (nSPS) is 31.4. The van der Waals surface area contributed by atoms with Gasteiger partial charge in [0.1, 0.15) is 0 Å². The quantitative estimate of drug-likeness (QED) is 0.674. The Balaban J connectivity index is 2.50. The number of hydrogen-bond acceptors (Lipinski definition) is 2. The molecule has 84 valence electrons. The SMILES string of the molecule is CC1CN(CC(F)(F)F)CCS(=O)C1. The molecule has 6 heteroatoms.